The van der Waals surface area contributed by atoms with Gasteiger partial charge in [-0.1, -0.05) is 30.3 Å². The summed E-state index contributed by atoms with van der Waals surface area (Å²) in [6.07, 6.45) is 2.07. The van der Waals surface area contributed by atoms with Crippen LogP contribution in [0.15, 0.2) is 30.3 Å². The minimum Gasteiger partial charge on any atom is -0.387 e. The fourth-order valence-corrected chi connectivity index (χ4v) is 3.33. The van der Waals surface area contributed by atoms with Crippen molar-refractivity contribution in [3.63, 3.8) is 0 Å². The average Bonchev–Trinajstić information content (AvgIpc) is 3.40. The number of amides is 1. The van der Waals surface area contributed by atoms with Crippen molar-refractivity contribution >= 4 is 5.91 Å². The van der Waals surface area contributed by atoms with E-state index in [9.17, 15) is 9.90 Å². The maximum atomic E-state index is 12.0. The molecule has 2 aliphatic rings. The van der Waals surface area contributed by atoms with Crippen molar-refractivity contribution in [3.8, 4) is 0 Å². The molecule has 2 fully saturated rings. The van der Waals surface area contributed by atoms with E-state index in [0.29, 0.717) is 19.1 Å². The van der Waals surface area contributed by atoms with Crippen molar-refractivity contribution in [1.82, 2.24) is 15.1 Å². The quantitative estimate of drug-likeness (QED) is 0.790. The summed E-state index contributed by atoms with van der Waals surface area (Å²) in [5, 5.41) is 13.4. The van der Waals surface area contributed by atoms with Gasteiger partial charge in [0, 0.05) is 38.8 Å². The highest BCUT2D eigenvalue weighted by Gasteiger charge is 2.27. The van der Waals surface area contributed by atoms with Crippen LogP contribution in [-0.4, -0.2) is 66.1 Å². The van der Waals surface area contributed by atoms with Crippen LogP contribution in [-0.2, 0) is 4.79 Å². The number of aliphatic hydroxyl groups is 1. The molecular weight excluding hydrogens is 302 g/mol. The van der Waals surface area contributed by atoms with Gasteiger partial charge in [0.15, 0.2) is 0 Å². The fraction of sp³-hybridized carbons (Fsp3) is 0.632. The molecule has 5 nitrogen and oxygen atoms in total. The lowest BCUT2D eigenvalue weighted by Gasteiger charge is -2.40. The highest BCUT2D eigenvalue weighted by atomic mass is 16.3. The fourth-order valence-electron chi connectivity index (χ4n) is 3.33. The van der Waals surface area contributed by atoms with Gasteiger partial charge in [-0.3, -0.25) is 14.6 Å². The lowest BCUT2D eigenvalue weighted by Crippen LogP contribution is -2.54. The van der Waals surface area contributed by atoms with Crippen molar-refractivity contribution in [2.45, 2.75) is 31.9 Å². The zero-order valence-corrected chi connectivity index (χ0v) is 14.5. The second-order valence-electron chi connectivity index (χ2n) is 7.25. The summed E-state index contributed by atoms with van der Waals surface area (Å²) in [7, 11) is 0. The number of rotatable bonds is 7. The summed E-state index contributed by atoms with van der Waals surface area (Å²) in [4.78, 5) is 16.5. The van der Waals surface area contributed by atoms with Gasteiger partial charge in [0.1, 0.15) is 0 Å². The number of nitrogens with zero attached hydrogens (tertiary/aromatic N) is 2. The van der Waals surface area contributed by atoms with Crippen molar-refractivity contribution in [2.75, 3.05) is 39.3 Å². The van der Waals surface area contributed by atoms with E-state index in [0.717, 1.165) is 37.7 Å². The minimum absolute atomic E-state index is 0.145. The van der Waals surface area contributed by atoms with Gasteiger partial charge < -0.3 is 10.4 Å². The molecule has 1 aromatic rings. The van der Waals surface area contributed by atoms with Crippen molar-refractivity contribution < 1.29 is 9.90 Å². The van der Waals surface area contributed by atoms with Crippen LogP contribution >= 0.6 is 0 Å². The monoisotopic (exact) mass is 331 g/mol. The van der Waals surface area contributed by atoms with Crippen LogP contribution in [0.1, 0.15) is 31.4 Å². The largest absolute Gasteiger partial charge is 0.387 e. The molecule has 1 saturated carbocycles. The molecule has 3 rings (SSSR count). The number of hydrogen-bond donors (Lipinski definition) is 2. The zero-order chi connectivity index (χ0) is 16.9. The van der Waals surface area contributed by atoms with Crippen LogP contribution < -0.4 is 5.32 Å². The molecule has 1 aliphatic heterocycles. The molecular formula is C19H29N3O2. The highest BCUT2D eigenvalue weighted by molar-refractivity contribution is 5.78. The molecule has 1 aromatic carbocycles. The molecule has 0 spiro atoms. The Morgan fingerprint density at radius 1 is 1.29 bits per heavy atom. The van der Waals surface area contributed by atoms with Gasteiger partial charge in [-0.25, -0.2) is 0 Å². The maximum absolute atomic E-state index is 12.0. The third kappa shape index (κ3) is 5.03. The van der Waals surface area contributed by atoms with Crippen molar-refractivity contribution in [1.29, 1.82) is 0 Å². The van der Waals surface area contributed by atoms with Crippen LogP contribution in [0.4, 0.5) is 0 Å². The van der Waals surface area contributed by atoms with Crippen LogP contribution in [0.2, 0.25) is 0 Å². The molecule has 132 valence electrons. The number of nitrogens with one attached hydrogen (secondary N) is 1. The van der Waals surface area contributed by atoms with E-state index in [1.807, 2.05) is 30.3 Å². The molecule has 0 radical (unpaired) electrons. The number of piperazine rings is 1. The Kier molecular flexibility index (Phi) is 5.87. The standard InChI is InChI=1S/C19H29N3O2/c1-15-12-21(14-19(24)20-11-16-7-8-16)9-10-22(15)13-18(23)17-5-3-2-4-6-17/h2-6,15-16,18,23H,7-14H2,1H3,(H,20,24)/t15-,18+/m0/s1. The molecule has 5 heteroatoms. The van der Waals surface area contributed by atoms with Gasteiger partial charge in [0.25, 0.3) is 0 Å². The lowest BCUT2D eigenvalue weighted by molar-refractivity contribution is -0.123. The van der Waals surface area contributed by atoms with E-state index in [-0.39, 0.29) is 5.91 Å². The van der Waals surface area contributed by atoms with Crippen LogP contribution in [0.5, 0.6) is 0 Å². The number of aliphatic hydroxyl groups excluding tert-OH is 1. The summed E-state index contributed by atoms with van der Waals surface area (Å²) in [5.74, 6) is 0.871. The van der Waals surface area contributed by atoms with Gasteiger partial charge >= 0.3 is 0 Å². The number of β-amino-alcohol motifs (C(OH)–C–C–N with tert-alkyl or cyclic N) is 1. The molecule has 1 heterocycles. The normalized spacial score (nSPS) is 23.8. The summed E-state index contributed by atoms with van der Waals surface area (Å²) in [5.41, 5.74) is 0.964. The Hall–Kier alpha value is -1.43. The molecule has 2 atom stereocenters. The van der Waals surface area contributed by atoms with E-state index in [1.54, 1.807) is 0 Å². The van der Waals surface area contributed by atoms with E-state index >= 15 is 0 Å². The van der Waals surface area contributed by atoms with Gasteiger partial charge in [-0.15, -0.1) is 0 Å². The number of benzene rings is 1. The predicted molar refractivity (Wildman–Crippen MR) is 94.6 cm³/mol. The van der Waals surface area contributed by atoms with E-state index in [1.165, 1.54) is 12.8 Å². The maximum Gasteiger partial charge on any atom is 0.234 e. The zero-order valence-electron chi connectivity index (χ0n) is 14.5. The first-order valence-corrected chi connectivity index (χ1v) is 9.08. The first kappa shape index (κ1) is 17.4. The Labute approximate surface area is 144 Å². The second-order valence-corrected chi connectivity index (χ2v) is 7.25. The van der Waals surface area contributed by atoms with Gasteiger partial charge in [-0.2, -0.15) is 0 Å². The van der Waals surface area contributed by atoms with Crippen LogP contribution in [0.3, 0.4) is 0 Å². The molecule has 0 aromatic heterocycles. The Bertz CT molecular complexity index is 533. The summed E-state index contributed by atoms with van der Waals surface area (Å²) in [6, 6.07) is 10.2. The van der Waals surface area contributed by atoms with Crippen molar-refractivity contribution in [2.24, 2.45) is 5.92 Å². The molecule has 1 amide bonds. The lowest BCUT2D eigenvalue weighted by atomic mass is 10.1. The van der Waals surface area contributed by atoms with E-state index in [4.69, 9.17) is 0 Å². The third-order valence-electron chi connectivity index (χ3n) is 5.09. The molecule has 1 saturated heterocycles. The van der Waals surface area contributed by atoms with Gasteiger partial charge in [0.05, 0.1) is 12.6 Å². The smallest absolute Gasteiger partial charge is 0.234 e. The topological polar surface area (TPSA) is 55.8 Å². The Morgan fingerprint density at radius 3 is 2.71 bits per heavy atom. The second kappa shape index (κ2) is 8.10. The minimum atomic E-state index is -0.456. The first-order valence-electron chi connectivity index (χ1n) is 9.08. The molecule has 0 bridgehead atoms. The van der Waals surface area contributed by atoms with E-state index in [2.05, 4.69) is 22.0 Å². The first-order chi connectivity index (χ1) is 11.6. The summed E-state index contributed by atoms with van der Waals surface area (Å²) < 4.78 is 0. The molecule has 0 unspecified atom stereocenters. The van der Waals surface area contributed by atoms with Gasteiger partial charge in [0.2, 0.25) is 5.91 Å². The summed E-state index contributed by atoms with van der Waals surface area (Å²) >= 11 is 0. The Balaban J connectivity index is 1.42. The SMILES string of the molecule is C[C@H]1CN(CC(=O)NCC2CC2)CCN1C[C@@H](O)c1ccccc1. The van der Waals surface area contributed by atoms with Crippen LogP contribution in [0.25, 0.3) is 0 Å². The van der Waals surface area contributed by atoms with Gasteiger partial charge in [-0.05, 0) is 31.2 Å². The molecule has 1 aliphatic carbocycles. The predicted octanol–water partition coefficient (Wildman–Crippen LogP) is 1.25. The number of carbonyl (C=O) groups excluding carboxylic acids is 1. The number of carbonyl (C=O) groups is 1. The van der Waals surface area contributed by atoms with E-state index < -0.39 is 6.10 Å². The van der Waals surface area contributed by atoms with Crippen molar-refractivity contribution in [3.05, 3.63) is 35.9 Å². The summed E-state index contributed by atoms with van der Waals surface area (Å²) in [6.45, 7) is 6.80. The third-order valence-corrected chi connectivity index (χ3v) is 5.09. The Morgan fingerprint density at radius 2 is 2.04 bits per heavy atom. The molecule has 2 N–H and O–H groups in total. The molecule has 24 heavy (non-hydrogen) atoms. The highest BCUT2D eigenvalue weighted by Crippen LogP contribution is 2.27. The average molecular weight is 331 g/mol. The van der Waals surface area contributed by atoms with Crippen LogP contribution in [0, 0.1) is 5.92 Å². The number of hydrogen-bond acceptors (Lipinski definition) is 4.